The predicted octanol–water partition coefficient (Wildman–Crippen LogP) is 4.54. The van der Waals surface area contributed by atoms with Gasteiger partial charge < -0.3 is 24.2 Å². The Morgan fingerprint density at radius 1 is 1.08 bits per heavy atom. The number of carbonyl (C=O) groups is 1. The molecule has 1 fully saturated rings. The lowest BCUT2D eigenvalue weighted by Crippen LogP contribution is -2.56. The Morgan fingerprint density at radius 3 is 2.63 bits per heavy atom. The van der Waals surface area contributed by atoms with Gasteiger partial charge in [-0.2, -0.15) is 15.2 Å². The van der Waals surface area contributed by atoms with E-state index in [4.69, 9.17) is 19.4 Å². The monoisotopic (exact) mass is 514 g/mol. The minimum absolute atomic E-state index is 0.217. The number of benzene rings is 2. The van der Waals surface area contributed by atoms with Gasteiger partial charge in [0.25, 0.3) is 0 Å². The van der Waals surface area contributed by atoms with E-state index in [1.165, 1.54) is 16.5 Å². The molecule has 9 heteroatoms. The van der Waals surface area contributed by atoms with Crippen molar-refractivity contribution < 1.29 is 14.3 Å². The number of methoxy groups -OCH3 is 1. The standard InChI is InChI=1S/C29H34N6O3/c1-29(2,3)38-28(36)35-17-16-34(18-21(35)12-14-30)26-23-13-15-33(19-24(23)31-27(32-26)37-4)25-11-7-9-20-8-5-6-10-22(20)25/h5-11,21H,12-13,15-19H2,1-4H3. The van der Waals surface area contributed by atoms with Gasteiger partial charge in [-0.3, -0.25) is 0 Å². The highest BCUT2D eigenvalue weighted by atomic mass is 16.6. The van der Waals surface area contributed by atoms with E-state index in [9.17, 15) is 10.1 Å². The highest BCUT2D eigenvalue weighted by molar-refractivity contribution is 5.94. The molecule has 2 aliphatic heterocycles. The van der Waals surface area contributed by atoms with Crippen LogP contribution in [0, 0.1) is 11.3 Å². The van der Waals surface area contributed by atoms with Crippen LogP contribution in [0.2, 0.25) is 0 Å². The Hall–Kier alpha value is -4.06. The van der Waals surface area contributed by atoms with Crippen LogP contribution in [0.1, 0.15) is 38.4 Å². The lowest BCUT2D eigenvalue weighted by Gasteiger charge is -2.42. The van der Waals surface area contributed by atoms with Gasteiger partial charge in [-0.1, -0.05) is 36.4 Å². The maximum Gasteiger partial charge on any atom is 0.410 e. The first kappa shape index (κ1) is 25.6. The minimum atomic E-state index is -0.597. The van der Waals surface area contributed by atoms with Crippen LogP contribution in [0.3, 0.4) is 0 Å². The fraction of sp³-hybridized carbons (Fsp3) is 0.448. The molecule has 1 amide bonds. The number of piperazine rings is 1. The van der Waals surface area contributed by atoms with E-state index in [1.807, 2.05) is 20.8 Å². The van der Waals surface area contributed by atoms with Crippen molar-refractivity contribution in [2.75, 3.05) is 43.1 Å². The number of rotatable bonds is 4. The first-order valence-corrected chi connectivity index (χ1v) is 13.1. The van der Waals surface area contributed by atoms with E-state index in [0.717, 1.165) is 30.0 Å². The van der Waals surface area contributed by atoms with Crippen LogP contribution in [0.4, 0.5) is 16.3 Å². The number of carbonyl (C=O) groups excluding carboxylic acids is 1. The number of amides is 1. The van der Waals surface area contributed by atoms with E-state index in [0.29, 0.717) is 32.2 Å². The maximum absolute atomic E-state index is 12.9. The molecule has 1 saturated heterocycles. The van der Waals surface area contributed by atoms with E-state index < -0.39 is 5.60 Å². The summed E-state index contributed by atoms with van der Waals surface area (Å²) in [5, 5.41) is 11.9. The van der Waals surface area contributed by atoms with Gasteiger partial charge in [0.1, 0.15) is 11.4 Å². The zero-order valence-electron chi connectivity index (χ0n) is 22.5. The molecule has 2 aliphatic rings. The van der Waals surface area contributed by atoms with Gasteiger partial charge in [-0.25, -0.2) is 4.79 Å². The van der Waals surface area contributed by atoms with Gasteiger partial charge in [0.15, 0.2) is 0 Å². The van der Waals surface area contributed by atoms with Crippen LogP contribution in [0.5, 0.6) is 6.01 Å². The molecule has 3 aromatic rings. The second kappa shape index (κ2) is 10.4. The fourth-order valence-corrected chi connectivity index (χ4v) is 5.32. The van der Waals surface area contributed by atoms with Gasteiger partial charge in [0, 0.05) is 42.8 Å². The number of hydrogen-bond donors (Lipinski definition) is 0. The fourth-order valence-electron chi connectivity index (χ4n) is 5.32. The number of ether oxygens (including phenoxy) is 2. The SMILES string of the molecule is COc1nc2c(c(N3CCN(C(=O)OC(C)(C)C)C(CC#N)C3)n1)CCN(c1cccc3ccccc13)C2. The highest BCUT2D eigenvalue weighted by Crippen LogP contribution is 2.34. The van der Waals surface area contributed by atoms with Gasteiger partial charge in [-0.05, 0) is 38.6 Å². The molecule has 0 saturated carbocycles. The number of fused-ring (bicyclic) bond motifs is 2. The van der Waals surface area contributed by atoms with Crippen molar-refractivity contribution in [3.63, 3.8) is 0 Å². The molecule has 1 unspecified atom stereocenters. The molecule has 1 atom stereocenters. The number of nitrogens with zero attached hydrogens (tertiary/aromatic N) is 6. The summed E-state index contributed by atoms with van der Waals surface area (Å²) in [5.74, 6) is 0.830. The molecule has 5 rings (SSSR count). The largest absolute Gasteiger partial charge is 0.467 e. The zero-order chi connectivity index (χ0) is 26.9. The summed E-state index contributed by atoms with van der Waals surface area (Å²) in [6.07, 6.45) is 0.618. The number of aromatic nitrogens is 2. The van der Waals surface area contributed by atoms with Crippen LogP contribution in [-0.4, -0.2) is 65.9 Å². The van der Waals surface area contributed by atoms with Crippen molar-refractivity contribution in [2.24, 2.45) is 0 Å². The average Bonchev–Trinajstić information content (AvgIpc) is 2.91. The molecular formula is C29H34N6O3. The van der Waals surface area contributed by atoms with Gasteiger partial charge in [0.2, 0.25) is 0 Å². The van der Waals surface area contributed by atoms with E-state index in [-0.39, 0.29) is 18.6 Å². The molecule has 3 heterocycles. The Labute approximate surface area is 223 Å². The Kier molecular flexibility index (Phi) is 6.98. The third-order valence-corrected chi connectivity index (χ3v) is 7.05. The number of nitriles is 1. The maximum atomic E-state index is 12.9. The minimum Gasteiger partial charge on any atom is -0.467 e. The van der Waals surface area contributed by atoms with E-state index in [2.05, 4.69) is 58.3 Å². The summed E-state index contributed by atoms with van der Waals surface area (Å²) in [7, 11) is 1.58. The normalized spacial score (nSPS) is 17.7. The highest BCUT2D eigenvalue weighted by Gasteiger charge is 2.35. The third-order valence-electron chi connectivity index (χ3n) is 7.05. The zero-order valence-corrected chi connectivity index (χ0v) is 22.5. The molecule has 2 aromatic carbocycles. The molecule has 198 valence electrons. The molecule has 9 nitrogen and oxygen atoms in total. The molecule has 0 aliphatic carbocycles. The topological polar surface area (TPSA) is 94.8 Å². The molecular weight excluding hydrogens is 480 g/mol. The van der Waals surface area contributed by atoms with Gasteiger partial charge in [0.05, 0.1) is 37.9 Å². The quantitative estimate of drug-likeness (QED) is 0.501. The summed E-state index contributed by atoms with van der Waals surface area (Å²) in [6, 6.07) is 17.1. The van der Waals surface area contributed by atoms with Crippen LogP contribution < -0.4 is 14.5 Å². The lowest BCUT2D eigenvalue weighted by atomic mass is 10.0. The van der Waals surface area contributed by atoms with Crippen molar-refractivity contribution in [3.05, 3.63) is 53.7 Å². The molecule has 1 aromatic heterocycles. The Morgan fingerprint density at radius 2 is 1.87 bits per heavy atom. The Balaban J connectivity index is 1.43. The summed E-state index contributed by atoms with van der Waals surface area (Å²) < 4.78 is 11.1. The second-order valence-electron chi connectivity index (χ2n) is 10.8. The summed E-state index contributed by atoms with van der Waals surface area (Å²) in [5.41, 5.74) is 2.63. The van der Waals surface area contributed by atoms with E-state index in [1.54, 1.807) is 12.0 Å². The average molecular weight is 515 g/mol. The summed E-state index contributed by atoms with van der Waals surface area (Å²) >= 11 is 0. The van der Waals surface area contributed by atoms with Crippen molar-refractivity contribution in [1.29, 1.82) is 5.26 Å². The summed E-state index contributed by atoms with van der Waals surface area (Å²) in [6.45, 7) is 8.56. The van der Waals surface area contributed by atoms with Crippen LogP contribution >= 0.6 is 0 Å². The van der Waals surface area contributed by atoms with Crippen LogP contribution in [0.25, 0.3) is 10.8 Å². The lowest BCUT2D eigenvalue weighted by molar-refractivity contribution is 0.0144. The van der Waals surface area contributed by atoms with Crippen molar-refractivity contribution in [2.45, 2.75) is 51.8 Å². The number of hydrogen-bond acceptors (Lipinski definition) is 8. The molecule has 0 radical (unpaired) electrons. The molecule has 0 N–H and O–H groups in total. The third kappa shape index (κ3) is 5.17. The van der Waals surface area contributed by atoms with Gasteiger partial charge in [-0.15, -0.1) is 0 Å². The smallest absolute Gasteiger partial charge is 0.410 e. The summed E-state index contributed by atoms with van der Waals surface area (Å²) in [4.78, 5) is 28.6. The molecule has 38 heavy (non-hydrogen) atoms. The second-order valence-corrected chi connectivity index (χ2v) is 10.8. The Bertz CT molecular complexity index is 1370. The van der Waals surface area contributed by atoms with Crippen molar-refractivity contribution in [3.8, 4) is 12.1 Å². The first-order valence-electron chi connectivity index (χ1n) is 13.1. The van der Waals surface area contributed by atoms with Crippen LogP contribution in [-0.2, 0) is 17.7 Å². The molecule has 0 spiro atoms. The predicted molar refractivity (Wildman–Crippen MR) is 146 cm³/mol. The van der Waals surface area contributed by atoms with Gasteiger partial charge >= 0.3 is 12.1 Å². The van der Waals surface area contributed by atoms with Crippen LogP contribution in [0.15, 0.2) is 42.5 Å². The molecule has 0 bridgehead atoms. The number of anilines is 2. The first-order chi connectivity index (χ1) is 18.3. The van der Waals surface area contributed by atoms with Crippen molar-refractivity contribution >= 4 is 28.4 Å². The van der Waals surface area contributed by atoms with Crippen molar-refractivity contribution in [1.82, 2.24) is 14.9 Å². The van der Waals surface area contributed by atoms with E-state index >= 15 is 0 Å².